The second kappa shape index (κ2) is 9.74. The van der Waals surface area contributed by atoms with E-state index in [1.54, 1.807) is 11.8 Å². The molecule has 7 heteroatoms. The highest BCUT2D eigenvalue weighted by Gasteiger charge is 2.57. The number of nitrogens with one attached hydrogen (secondary N) is 1. The van der Waals surface area contributed by atoms with E-state index in [2.05, 4.69) is 5.32 Å². The van der Waals surface area contributed by atoms with Crippen molar-refractivity contribution >= 4 is 17.8 Å². The van der Waals surface area contributed by atoms with Crippen LogP contribution < -0.4 is 5.32 Å². The molecule has 1 heterocycles. The highest BCUT2D eigenvalue weighted by atomic mass is 16.5. The van der Waals surface area contributed by atoms with Gasteiger partial charge in [-0.1, -0.05) is 19.1 Å². The number of hydrogen-bond acceptors (Lipinski definition) is 5. The van der Waals surface area contributed by atoms with Crippen molar-refractivity contribution < 1.29 is 24.2 Å². The third-order valence-electron chi connectivity index (χ3n) is 5.66. The lowest BCUT2D eigenvalue weighted by Crippen LogP contribution is -2.52. The molecule has 29 heavy (non-hydrogen) atoms. The number of fused-ring (bicyclic) bond motifs is 1. The van der Waals surface area contributed by atoms with Crippen molar-refractivity contribution in [2.24, 2.45) is 23.7 Å². The van der Waals surface area contributed by atoms with Gasteiger partial charge in [0.05, 0.1) is 18.4 Å². The van der Waals surface area contributed by atoms with Crippen molar-refractivity contribution in [3.63, 3.8) is 0 Å². The van der Waals surface area contributed by atoms with Gasteiger partial charge < -0.3 is 20.1 Å². The van der Waals surface area contributed by atoms with Crippen LogP contribution >= 0.6 is 0 Å². The summed E-state index contributed by atoms with van der Waals surface area (Å²) in [5.74, 6) is -2.35. The van der Waals surface area contributed by atoms with E-state index in [1.807, 2.05) is 39.8 Å². The van der Waals surface area contributed by atoms with Crippen LogP contribution in [-0.2, 0) is 19.1 Å². The number of likely N-dealkylation sites (tertiary alicyclic amines) is 1. The molecule has 0 radical (unpaired) electrons. The molecule has 1 saturated heterocycles. The largest absolute Gasteiger partial charge is 0.466 e. The first kappa shape index (κ1) is 23.4. The first-order chi connectivity index (χ1) is 13.6. The highest BCUT2D eigenvalue weighted by Crippen LogP contribution is 2.44. The van der Waals surface area contributed by atoms with E-state index in [4.69, 9.17) is 9.84 Å². The zero-order valence-corrected chi connectivity index (χ0v) is 18.3. The molecule has 1 fully saturated rings. The Balaban J connectivity index is 2.34. The van der Waals surface area contributed by atoms with Crippen molar-refractivity contribution in [3.05, 3.63) is 12.2 Å². The number of carbonyl (C=O) groups is 3. The van der Waals surface area contributed by atoms with Gasteiger partial charge in [0.15, 0.2) is 0 Å². The lowest BCUT2D eigenvalue weighted by molar-refractivity contribution is -0.155. The molecule has 2 rings (SSSR count). The van der Waals surface area contributed by atoms with E-state index in [0.29, 0.717) is 19.4 Å². The lowest BCUT2D eigenvalue weighted by atomic mass is 9.70. The van der Waals surface area contributed by atoms with E-state index < -0.39 is 23.4 Å². The fourth-order valence-electron chi connectivity index (χ4n) is 4.45. The van der Waals surface area contributed by atoms with Crippen LogP contribution in [0.3, 0.4) is 0 Å². The first-order valence-corrected chi connectivity index (χ1v) is 10.7. The van der Waals surface area contributed by atoms with Crippen LogP contribution in [0.2, 0.25) is 0 Å². The topological polar surface area (TPSA) is 95.9 Å². The second-order valence-corrected chi connectivity index (χ2v) is 9.12. The molecule has 2 aliphatic rings. The zero-order chi connectivity index (χ0) is 21.8. The van der Waals surface area contributed by atoms with E-state index in [9.17, 15) is 14.4 Å². The molecule has 0 aromatic rings. The summed E-state index contributed by atoms with van der Waals surface area (Å²) in [4.78, 5) is 40.8. The Morgan fingerprint density at radius 2 is 1.90 bits per heavy atom. The van der Waals surface area contributed by atoms with Gasteiger partial charge in [-0.25, -0.2) is 0 Å². The third kappa shape index (κ3) is 5.38. The summed E-state index contributed by atoms with van der Waals surface area (Å²) in [5.41, 5.74) is -0.424. The minimum Gasteiger partial charge on any atom is -0.466 e. The van der Waals surface area contributed by atoms with Crippen LogP contribution in [0.1, 0.15) is 53.9 Å². The molecule has 0 unspecified atom stereocenters. The summed E-state index contributed by atoms with van der Waals surface area (Å²) in [5, 5.41) is 12.0. The van der Waals surface area contributed by atoms with Crippen molar-refractivity contribution in [3.8, 4) is 0 Å². The van der Waals surface area contributed by atoms with Gasteiger partial charge in [-0.3, -0.25) is 14.4 Å². The molecule has 2 N–H and O–H groups in total. The SMILES string of the molecule is CCOC(=O)[C@H]1[C@@H]2C(=O)N(CCCCCO)[C@H](C(=O)NC(C)(C)C)[C@H]2C=C[C@H]1C. The molecule has 0 bridgehead atoms. The smallest absolute Gasteiger partial charge is 0.310 e. The number of esters is 1. The molecule has 0 spiro atoms. The fourth-order valence-corrected chi connectivity index (χ4v) is 4.45. The number of rotatable bonds is 8. The number of nitrogens with zero attached hydrogens (tertiary/aromatic N) is 1. The van der Waals surface area contributed by atoms with Crippen molar-refractivity contribution in [1.29, 1.82) is 0 Å². The number of amides is 2. The summed E-state index contributed by atoms with van der Waals surface area (Å²) >= 11 is 0. The molecule has 1 aliphatic heterocycles. The Labute approximate surface area is 173 Å². The van der Waals surface area contributed by atoms with Gasteiger partial charge in [0.2, 0.25) is 11.8 Å². The normalized spacial score (nSPS) is 29.0. The number of carbonyl (C=O) groups excluding carboxylic acids is 3. The molecule has 1 aliphatic carbocycles. The van der Waals surface area contributed by atoms with Crippen molar-refractivity contribution in [2.75, 3.05) is 19.8 Å². The number of hydrogen-bond donors (Lipinski definition) is 2. The van der Waals surface area contributed by atoms with Gasteiger partial charge in [-0.15, -0.1) is 0 Å². The number of aliphatic hydroxyl groups is 1. The number of ether oxygens (including phenoxy) is 1. The van der Waals surface area contributed by atoms with Crippen LogP contribution in [0, 0.1) is 23.7 Å². The van der Waals surface area contributed by atoms with E-state index >= 15 is 0 Å². The summed E-state index contributed by atoms with van der Waals surface area (Å²) in [6.07, 6.45) is 6.01. The van der Waals surface area contributed by atoms with Crippen LogP contribution in [0.15, 0.2) is 12.2 Å². The summed E-state index contributed by atoms with van der Waals surface area (Å²) in [6.45, 7) is 10.2. The second-order valence-electron chi connectivity index (χ2n) is 9.12. The maximum absolute atomic E-state index is 13.4. The van der Waals surface area contributed by atoms with Gasteiger partial charge in [0.1, 0.15) is 6.04 Å². The minimum absolute atomic E-state index is 0.109. The Kier molecular flexibility index (Phi) is 7.86. The predicted molar refractivity (Wildman–Crippen MR) is 110 cm³/mol. The monoisotopic (exact) mass is 408 g/mol. The van der Waals surface area contributed by atoms with Crippen LogP contribution in [-0.4, -0.2) is 59.1 Å². The average Bonchev–Trinajstić information content (AvgIpc) is 2.90. The van der Waals surface area contributed by atoms with Gasteiger partial charge in [0.25, 0.3) is 0 Å². The average molecular weight is 409 g/mol. The summed E-state index contributed by atoms with van der Waals surface area (Å²) in [6, 6.07) is -0.637. The van der Waals surface area contributed by atoms with Gasteiger partial charge >= 0.3 is 5.97 Å². The van der Waals surface area contributed by atoms with E-state index in [1.165, 1.54) is 0 Å². The maximum Gasteiger partial charge on any atom is 0.310 e. The maximum atomic E-state index is 13.4. The highest BCUT2D eigenvalue weighted by molar-refractivity contribution is 5.96. The molecular weight excluding hydrogens is 372 g/mol. The number of allylic oxidation sites excluding steroid dienone is 1. The predicted octanol–water partition coefficient (Wildman–Crippen LogP) is 1.89. The molecule has 0 saturated carbocycles. The van der Waals surface area contributed by atoms with E-state index in [0.717, 1.165) is 6.42 Å². The third-order valence-corrected chi connectivity index (χ3v) is 5.66. The molecular formula is C22H36N2O5. The Morgan fingerprint density at radius 1 is 1.21 bits per heavy atom. The Morgan fingerprint density at radius 3 is 2.48 bits per heavy atom. The van der Waals surface area contributed by atoms with Crippen molar-refractivity contribution in [2.45, 2.75) is 65.5 Å². The zero-order valence-electron chi connectivity index (χ0n) is 18.3. The van der Waals surface area contributed by atoms with Gasteiger partial charge in [0, 0.05) is 24.6 Å². The summed E-state index contributed by atoms with van der Waals surface area (Å²) in [7, 11) is 0. The molecule has 2 amide bonds. The lowest BCUT2D eigenvalue weighted by Gasteiger charge is -2.33. The van der Waals surface area contributed by atoms with Crippen LogP contribution in [0.25, 0.3) is 0 Å². The summed E-state index contributed by atoms with van der Waals surface area (Å²) < 4.78 is 5.26. The number of aliphatic hydroxyl groups excluding tert-OH is 1. The Hall–Kier alpha value is -1.89. The van der Waals surface area contributed by atoms with Crippen LogP contribution in [0.5, 0.6) is 0 Å². The molecule has 5 atom stereocenters. The van der Waals surface area contributed by atoms with Gasteiger partial charge in [-0.2, -0.15) is 0 Å². The number of unbranched alkanes of at least 4 members (excludes halogenated alkanes) is 2. The molecule has 0 aromatic carbocycles. The van der Waals surface area contributed by atoms with E-state index in [-0.39, 0.29) is 42.8 Å². The molecule has 164 valence electrons. The molecule has 0 aromatic heterocycles. The first-order valence-electron chi connectivity index (χ1n) is 10.7. The van der Waals surface area contributed by atoms with Crippen molar-refractivity contribution in [1.82, 2.24) is 10.2 Å². The van der Waals surface area contributed by atoms with Gasteiger partial charge in [-0.05, 0) is 52.9 Å². The fraction of sp³-hybridized carbons (Fsp3) is 0.773. The minimum atomic E-state index is -0.637. The quantitative estimate of drug-likeness (QED) is 0.363. The van der Waals surface area contributed by atoms with Crippen LogP contribution in [0.4, 0.5) is 0 Å². The Bertz CT molecular complexity index is 640. The molecule has 7 nitrogen and oxygen atoms in total. The standard InChI is InChI=1S/C22H36N2O5/c1-6-29-21(28)16-14(2)10-11-15-17(16)20(27)24(12-8-7-9-13-25)18(15)19(26)23-22(3,4)5/h10-11,14-18,25H,6-9,12-13H2,1-5H3,(H,23,26)/t14-,15+,16-,17-,18+/m1/s1.